The van der Waals surface area contributed by atoms with Gasteiger partial charge in [-0.15, -0.1) is 10.3 Å². The Hall–Kier alpha value is -0.810. The number of alkyl halides is 3. The molecule has 0 spiro atoms. The molecule has 0 aliphatic heterocycles. The van der Waals surface area contributed by atoms with E-state index < -0.39 is 39.1 Å². The predicted molar refractivity (Wildman–Crippen MR) is 161 cm³/mol. The number of aliphatic hydroxyl groups is 2. The monoisotopic (exact) mass is 614 g/mol. The van der Waals surface area contributed by atoms with E-state index >= 15 is 0 Å². The van der Waals surface area contributed by atoms with Gasteiger partial charge in [0.1, 0.15) is 0 Å². The number of halogens is 3. The number of rotatable bonds is 25. The fourth-order valence-electron chi connectivity index (χ4n) is 4.88. The van der Waals surface area contributed by atoms with Crippen molar-refractivity contribution in [2.75, 3.05) is 24.7 Å². The molecule has 236 valence electrons. The fraction of sp³-hybridized carbons (Fsp3) is 0.800. The molecule has 0 aliphatic rings. The molecule has 0 unspecified atom stereocenters. The van der Waals surface area contributed by atoms with E-state index in [0.717, 1.165) is 24.8 Å². The van der Waals surface area contributed by atoms with Crippen LogP contribution in [0.3, 0.4) is 0 Å². The highest BCUT2D eigenvalue weighted by atomic mass is 32.3. The minimum Gasteiger partial charge on any atom is -0.395 e. The molecular formula is C30H53F3O5S2. The van der Waals surface area contributed by atoms with Crippen molar-refractivity contribution in [1.29, 1.82) is 0 Å². The predicted octanol–water partition coefficient (Wildman–Crippen LogP) is 8.56. The van der Waals surface area contributed by atoms with E-state index in [9.17, 15) is 31.8 Å². The summed E-state index contributed by atoms with van der Waals surface area (Å²) in [5.41, 5.74) is -3.83. The van der Waals surface area contributed by atoms with Crippen molar-refractivity contribution in [2.24, 2.45) is 0 Å². The minimum absolute atomic E-state index is 0.0945. The summed E-state index contributed by atoms with van der Waals surface area (Å²) in [5, 5.41) is 18.8. The van der Waals surface area contributed by atoms with Gasteiger partial charge in [-0.3, -0.25) is 0 Å². The first kappa shape index (κ1) is 37.2. The zero-order valence-corrected chi connectivity index (χ0v) is 26.1. The third kappa shape index (κ3) is 16.0. The highest BCUT2D eigenvalue weighted by Crippen LogP contribution is 2.54. The Kier molecular flexibility index (Phi) is 19.5. The Labute approximate surface area is 242 Å². The third-order valence-corrected chi connectivity index (χ3v) is 12.4. The summed E-state index contributed by atoms with van der Waals surface area (Å²) in [6, 6.07) is 7.34. The van der Waals surface area contributed by atoms with Crippen LogP contribution in [0.15, 0.2) is 24.3 Å². The van der Waals surface area contributed by atoms with Gasteiger partial charge in [-0.1, -0.05) is 128 Å². The van der Waals surface area contributed by atoms with Gasteiger partial charge in [0.05, 0.1) is 13.2 Å². The Bertz CT molecular complexity index is 855. The van der Waals surface area contributed by atoms with Gasteiger partial charge < -0.3 is 10.2 Å². The number of hydrogen-bond acceptors (Lipinski definition) is 5. The Balaban J connectivity index is 2.30. The molecule has 0 amide bonds. The van der Waals surface area contributed by atoms with Crippen molar-refractivity contribution >= 4 is 20.4 Å². The zero-order valence-electron chi connectivity index (χ0n) is 24.4. The van der Waals surface area contributed by atoms with Crippen LogP contribution in [-0.2, 0) is 25.9 Å². The van der Waals surface area contributed by atoms with Gasteiger partial charge in [-0.25, -0.2) is 3.63 Å². The van der Waals surface area contributed by atoms with E-state index in [1.54, 1.807) is 12.1 Å². The lowest BCUT2D eigenvalue weighted by Crippen LogP contribution is -2.30. The molecule has 1 aromatic rings. The molecule has 0 saturated heterocycles. The molecule has 1 aromatic carbocycles. The van der Waals surface area contributed by atoms with Gasteiger partial charge in [-0.05, 0) is 24.0 Å². The topological polar surface area (TPSA) is 83.8 Å². The molecule has 0 aliphatic carbocycles. The summed E-state index contributed by atoms with van der Waals surface area (Å²) in [6.07, 6.45) is 21.9. The molecule has 0 heterocycles. The van der Waals surface area contributed by atoms with Gasteiger partial charge in [0.25, 0.3) is 0 Å². The summed E-state index contributed by atoms with van der Waals surface area (Å²) < 4.78 is 66.9. The maximum Gasteiger partial charge on any atom is 0.523 e. The van der Waals surface area contributed by atoms with Crippen LogP contribution in [0.5, 0.6) is 0 Å². The van der Waals surface area contributed by atoms with Crippen molar-refractivity contribution in [3.8, 4) is 0 Å². The highest BCUT2D eigenvalue weighted by Gasteiger charge is 2.50. The van der Waals surface area contributed by atoms with E-state index in [0.29, 0.717) is 5.56 Å². The van der Waals surface area contributed by atoms with Crippen LogP contribution < -0.4 is 0 Å². The number of unbranched alkanes of at least 4 members (excludes halogenated alkanes) is 15. The largest absolute Gasteiger partial charge is 0.523 e. The Morgan fingerprint density at radius 2 is 1.02 bits per heavy atom. The summed E-state index contributed by atoms with van der Waals surface area (Å²) in [6.45, 7) is 1.17. The van der Waals surface area contributed by atoms with Crippen molar-refractivity contribution in [1.82, 2.24) is 0 Å². The average molecular weight is 615 g/mol. The van der Waals surface area contributed by atoms with Crippen LogP contribution >= 0.6 is 10.3 Å². The lowest BCUT2D eigenvalue weighted by atomic mass is 10.0. The second-order valence-electron chi connectivity index (χ2n) is 10.8. The molecule has 40 heavy (non-hydrogen) atoms. The van der Waals surface area contributed by atoms with Crippen molar-refractivity contribution in [3.05, 3.63) is 35.4 Å². The van der Waals surface area contributed by atoms with Crippen molar-refractivity contribution < 1.29 is 35.4 Å². The zero-order chi connectivity index (χ0) is 29.7. The number of hydrogen-bond donors (Lipinski definition) is 2. The third-order valence-electron chi connectivity index (χ3n) is 7.22. The van der Waals surface area contributed by atoms with E-state index in [1.807, 2.05) is 12.1 Å². The quantitative estimate of drug-likeness (QED) is 0.0852. The van der Waals surface area contributed by atoms with Crippen LogP contribution in [0.1, 0.15) is 121 Å². The maximum absolute atomic E-state index is 13.0. The molecule has 1 rings (SSSR count). The number of aliphatic hydroxyl groups excluding tert-OH is 2. The average Bonchev–Trinajstić information content (AvgIpc) is 2.89. The molecule has 0 fully saturated rings. The number of aryl methyl sites for hydroxylation is 1. The van der Waals surface area contributed by atoms with Gasteiger partial charge >= 0.3 is 15.6 Å². The van der Waals surface area contributed by atoms with Gasteiger partial charge in [0, 0.05) is 17.3 Å². The second kappa shape index (κ2) is 21.0. The molecule has 0 atom stereocenters. The summed E-state index contributed by atoms with van der Waals surface area (Å²) in [5.74, 6) is -0.642. The van der Waals surface area contributed by atoms with E-state index in [-0.39, 0.29) is 17.3 Å². The lowest BCUT2D eigenvalue weighted by molar-refractivity contribution is -0.0496. The molecule has 0 saturated carbocycles. The lowest BCUT2D eigenvalue weighted by Gasteiger charge is -2.37. The molecule has 0 radical (unpaired) electrons. The van der Waals surface area contributed by atoms with Crippen LogP contribution in [0.25, 0.3) is 0 Å². The highest BCUT2D eigenvalue weighted by molar-refractivity contribution is 8.32. The normalized spacial score (nSPS) is 13.2. The van der Waals surface area contributed by atoms with Crippen LogP contribution in [0.2, 0.25) is 0 Å². The second-order valence-corrected chi connectivity index (χ2v) is 15.8. The first-order chi connectivity index (χ1) is 19.1. The first-order valence-electron chi connectivity index (χ1n) is 15.2. The van der Waals surface area contributed by atoms with Crippen molar-refractivity contribution in [2.45, 2.75) is 127 Å². The SMILES string of the molecule is CCCCCCCCCCCCCCCCCCc1ccc(CS(CCO)(CCO)OS(=O)(=O)C(F)(F)F)cc1. The molecule has 0 aromatic heterocycles. The van der Waals surface area contributed by atoms with Crippen LogP contribution in [-0.4, -0.2) is 48.9 Å². The van der Waals surface area contributed by atoms with E-state index in [2.05, 4.69) is 10.6 Å². The van der Waals surface area contributed by atoms with Gasteiger partial charge in [-0.2, -0.15) is 21.6 Å². The standard InChI is InChI=1S/C30H53F3O5S2/c1-2-3-4-5-6-7-8-9-10-11-12-13-14-15-16-17-18-28-19-21-29(22-20-28)27-39(25-23-34,26-24-35)38-40(36,37)30(31,32)33/h19-22,34-35H,2-18,23-27H2,1H3. The fourth-order valence-corrected chi connectivity index (χ4v) is 9.41. The van der Waals surface area contributed by atoms with E-state index in [4.69, 9.17) is 0 Å². The molecule has 5 nitrogen and oxygen atoms in total. The van der Waals surface area contributed by atoms with Crippen LogP contribution in [0.4, 0.5) is 13.2 Å². The first-order valence-corrected chi connectivity index (χ1v) is 18.6. The van der Waals surface area contributed by atoms with Gasteiger partial charge in [0.2, 0.25) is 0 Å². The molecule has 10 heteroatoms. The van der Waals surface area contributed by atoms with Gasteiger partial charge in [0.15, 0.2) is 0 Å². The smallest absolute Gasteiger partial charge is 0.395 e. The Morgan fingerprint density at radius 1 is 0.650 bits per heavy atom. The molecule has 2 N–H and O–H groups in total. The summed E-state index contributed by atoms with van der Waals surface area (Å²) in [4.78, 5) is 0. The van der Waals surface area contributed by atoms with Crippen LogP contribution in [0, 0.1) is 0 Å². The maximum atomic E-state index is 13.0. The molecular weight excluding hydrogens is 561 g/mol. The number of benzene rings is 1. The minimum atomic E-state index is -5.85. The summed E-state index contributed by atoms with van der Waals surface area (Å²) in [7, 11) is -8.80. The van der Waals surface area contributed by atoms with Crippen molar-refractivity contribution in [3.63, 3.8) is 0 Å². The molecule has 0 bridgehead atoms. The van der Waals surface area contributed by atoms with E-state index in [1.165, 1.54) is 89.9 Å². The summed E-state index contributed by atoms with van der Waals surface area (Å²) >= 11 is 0. The Morgan fingerprint density at radius 3 is 1.40 bits per heavy atom.